The van der Waals surface area contributed by atoms with Crippen LogP contribution in [0.3, 0.4) is 0 Å². The molecule has 0 aliphatic rings. The fraction of sp³-hybridized carbons (Fsp3) is 0.231. The molecule has 1 unspecified atom stereocenters. The van der Waals surface area contributed by atoms with Crippen molar-refractivity contribution < 1.29 is 18.3 Å². The van der Waals surface area contributed by atoms with Crippen LogP contribution in [0, 0.1) is 25.5 Å². The van der Waals surface area contributed by atoms with Crippen molar-refractivity contribution in [3.8, 4) is 0 Å². The van der Waals surface area contributed by atoms with E-state index in [1.165, 1.54) is 13.0 Å². The predicted molar refractivity (Wildman–Crippen MR) is 58.6 cm³/mol. The second kappa shape index (κ2) is 4.30. The van der Waals surface area contributed by atoms with E-state index in [4.69, 9.17) is 4.42 Å². The first-order valence-corrected chi connectivity index (χ1v) is 5.19. The summed E-state index contributed by atoms with van der Waals surface area (Å²) in [7, 11) is 0. The van der Waals surface area contributed by atoms with Crippen LogP contribution in [0.5, 0.6) is 0 Å². The third-order valence-corrected chi connectivity index (χ3v) is 2.60. The van der Waals surface area contributed by atoms with Gasteiger partial charge in [-0.15, -0.1) is 0 Å². The highest BCUT2D eigenvalue weighted by Gasteiger charge is 2.19. The molecular formula is C13H12F2O2. The van der Waals surface area contributed by atoms with Crippen molar-refractivity contribution in [1.29, 1.82) is 0 Å². The van der Waals surface area contributed by atoms with Crippen LogP contribution in [-0.4, -0.2) is 5.11 Å². The Kier molecular flexibility index (Phi) is 2.98. The molecule has 0 aliphatic carbocycles. The highest BCUT2D eigenvalue weighted by atomic mass is 19.1. The summed E-state index contributed by atoms with van der Waals surface area (Å²) in [5, 5.41) is 9.90. The molecule has 1 heterocycles. The normalized spacial score (nSPS) is 12.8. The molecular weight excluding hydrogens is 226 g/mol. The van der Waals surface area contributed by atoms with Crippen LogP contribution in [0.15, 0.2) is 28.7 Å². The molecule has 4 heteroatoms. The molecule has 0 bridgehead atoms. The van der Waals surface area contributed by atoms with Gasteiger partial charge in [-0.1, -0.05) is 0 Å². The van der Waals surface area contributed by atoms with Crippen molar-refractivity contribution in [3.63, 3.8) is 0 Å². The van der Waals surface area contributed by atoms with Crippen molar-refractivity contribution in [2.75, 3.05) is 0 Å². The quantitative estimate of drug-likeness (QED) is 0.871. The average Bonchev–Trinajstić information content (AvgIpc) is 2.69. The first kappa shape index (κ1) is 11.8. The summed E-state index contributed by atoms with van der Waals surface area (Å²) in [5.74, 6) is -0.397. The summed E-state index contributed by atoms with van der Waals surface area (Å²) in [4.78, 5) is 0. The van der Waals surface area contributed by atoms with Gasteiger partial charge in [0.15, 0.2) is 0 Å². The van der Waals surface area contributed by atoms with Crippen molar-refractivity contribution in [1.82, 2.24) is 0 Å². The third kappa shape index (κ3) is 2.22. The lowest BCUT2D eigenvalue weighted by molar-refractivity contribution is 0.182. The molecule has 0 spiro atoms. The van der Waals surface area contributed by atoms with Gasteiger partial charge in [0.2, 0.25) is 0 Å². The number of aliphatic hydroxyl groups is 1. The second-order valence-corrected chi connectivity index (χ2v) is 3.97. The van der Waals surface area contributed by atoms with Crippen LogP contribution in [0.25, 0.3) is 0 Å². The first-order chi connectivity index (χ1) is 7.99. The minimum Gasteiger partial charge on any atom is -0.463 e. The van der Waals surface area contributed by atoms with E-state index in [1.54, 1.807) is 13.0 Å². The van der Waals surface area contributed by atoms with Crippen molar-refractivity contribution in [3.05, 3.63) is 58.5 Å². The maximum absolute atomic E-state index is 13.6. The third-order valence-electron chi connectivity index (χ3n) is 2.60. The summed E-state index contributed by atoms with van der Waals surface area (Å²) in [5.41, 5.74) is 0.0801. The van der Waals surface area contributed by atoms with Crippen LogP contribution in [0.4, 0.5) is 8.78 Å². The smallest absolute Gasteiger partial charge is 0.140 e. The molecule has 1 aromatic heterocycles. The van der Waals surface area contributed by atoms with Gasteiger partial charge in [-0.3, -0.25) is 0 Å². The number of aliphatic hydroxyl groups excluding tert-OH is 1. The number of rotatable bonds is 2. The van der Waals surface area contributed by atoms with E-state index in [-0.39, 0.29) is 16.9 Å². The molecule has 0 aliphatic heterocycles. The number of furan rings is 1. The van der Waals surface area contributed by atoms with Crippen molar-refractivity contribution in [2.45, 2.75) is 20.0 Å². The lowest BCUT2D eigenvalue weighted by Gasteiger charge is -2.10. The Bertz CT molecular complexity index is 546. The highest BCUT2D eigenvalue weighted by molar-refractivity contribution is 5.30. The summed E-state index contributed by atoms with van der Waals surface area (Å²) in [6, 6.07) is 5.25. The number of hydrogen-bond donors (Lipinski definition) is 1. The molecule has 0 fully saturated rings. The molecule has 2 aromatic rings. The molecule has 0 radical (unpaired) electrons. The van der Waals surface area contributed by atoms with E-state index in [0.29, 0.717) is 5.76 Å². The van der Waals surface area contributed by atoms with Gasteiger partial charge in [0.25, 0.3) is 0 Å². The second-order valence-electron chi connectivity index (χ2n) is 3.97. The Morgan fingerprint density at radius 2 is 1.82 bits per heavy atom. The zero-order valence-electron chi connectivity index (χ0n) is 9.50. The number of halogens is 2. The maximum atomic E-state index is 13.6. The van der Waals surface area contributed by atoms with Crippen LogP contribution in [-0.2, 0) is 0 Å². The molecule has 1 atom stereocenters. The largest absolute Gasteiger partial charge is 0.463 e. The monoisotopic (exact) mass is 238 g/mol. The molecule has 1 N–H and O–H groups in total. The highest BCUT2D eigenvalue weighted by Crippen LogP contribution is 2.27. The zero-order chi connectivity index (χ0) is 12.6. The van der Waals surface area contributed by atoms with E-state index in [9.17, 15) is 13.9 Å². The molecule has 90 valence electrons. The Labute approximate surface area is 97.5 Å². The first-order valence-electron chi connectivity index (χ1n) is 5.19. The lowest BCUT2D eigenvalue weighted by Crippen LogP contribution is -2.03. The minimum atomic E-state index is -1.29. The topological polar surface area (TPSA) is 33.4 Å². The number of hydrogen-bond acceptors (Lipinski definition) is 2. The SMILES string of the molecule is Cc1ccc(C(O)c2cc(F)c(C)cc2F)o1. The van der Waals surface area contributed by atoms with Crippen LogP contribution in [0.1, 0.15) is 28.8 Å². The molecule has 17 heavy (non-hydrogen) atoms. The molecule has 2 nitrogen and oxygen atoms in total. The van der Waals surface area contributed by atoms with Gasteiger partial charge in [0, 0.05) is 5.56 Å². The summed E-state index contributed by atoms with van der Waals surface area (Å²) >= 11 is 0. The van der Waals surface area contributed by atoms with Crippen LogP contribution < -0.4 is 0 Å². The van der Waals surface area contributed by atoms with E-state index in [2.05, 4.69) is 0 Å². The predicted octanol–water partition coefficient (Wildman–Crippen LogP) is 3.26. The van der Waals surface area contributed by atoms with Crippen LogP contribution in [0.2, 0.25) is 0 Å². The Hall–Kier alpha value is -1.68. The van der Waals surface area contributed by atoms with Gasteiger partial charge in [0.05, 0.1) is 0 Å². The lowest BCUT2D eigenvalue weighted by atomic mass is 10.0. The van der Waals surface area contributed by atoms with Gasteiger partial charge in [-0.05, 0) is 43.7 Å². The summed E-state index contributed by atoms with van der Waals surface area (Å²) in [6.07, 6.45) is -1.29. The van der Waals surface area contributed by atoms with Gasteiger partial charge < -0.3 is 9.52 Å². The number of benzene rings is 1. The Morgan fingerprint density at radius 1 is 1.12 bits per heavy atom. The number of aryl methyl sites for hydroxylation is 2. The molecule has 0 saturated carbocycles. The minimum absolute atomic E-state index is 0.123. The van der Waals surface area contributed by atoms with Crippen molar-refractivity contribution in [2.24, 2.45) is 0 Å². The van der Waals surface area contributed by atoms with E-state index >= 15 is 0 Å². The fourth-order valence-corrected chi connectivity index (χ4v) is 1.62. The molecule has 0 amide bonds. The maximum Gasteiger partial charge on any atom is 0.140 e. The zero-order valence-corrected chi connectivity index (χ0v) is 9.50. The Morgan fingerprint density at radius 3 is 2.41 bits per heavy atom. The van der Waals surface area contributed by atoms with Gasteiger partial charge in [-0.2, -0.15) is 0 Å². The van der Waals surface area contributed by atoms with Crippen molar-refractivity contribution >= 4 is 0 Å². The Balaban J connectivity index is 2.43. The van der Waals surface area contributed by atoms with Gasteiger partial charge in [-0.25, -0.2) is 8.78 Å². The van der Waals surface area contributed by atoms with E-state index in [0.717, 1.165) is 12.1 Å². The van der Waals surface area contributed by atoms with E-state index < -0.39 is 17.7 Å². The van der Waals surface area contributed by atoms with Gasteiger partial charge in [0.1, 0.15) is 29.3 Å². The van der Waals surface area contributed by atoms with Gasteiger partial charge >= 0.3 is 0 Å². The standard InChI is InChI=1S/C13H12F2O2/c1-7-5-11(15)9(6-10(7)14)13(16)12-4-3-8(2)17-12/h3-6,13,16H,1-2H3. The summed E-state index contributed by atoms with van der Waals surface area (Å²) in [6.45, 7) is 3.17. The molecule has 2 rings (SSSR count). The van der Waals surface area contributed by atoms with E-state index in [1.807, 2.05) is 0 Å². The average molecular weight is 238 g/mol. The molecule has 1 aromatic carbocycles. The summed E-state index contributed by atoms with van der Waals surface area (Å²) < 4.78 is 32.1. The van der Waals surface area contributed by atoms with Crippen LogP contribution >= 0.6 is 0 Å². The molecule has 0 saturated heterocycles. The fourth-order valence-electron chi connectivity index (χ4n) is 1.62.